The fourth-order valence-corrected chi connectivity index (χ4v) is 12.7. The fourth-order valence-electron chi connectivity index (χ4n) is 12.7. The Morgan fingerprint density at radius 2 is 0.552 bits per heavy atom. The summed E-state index contributed by atoms with van der Waals surface area (Å²) < 4.78 is 7.63. The summed E-state index contributed by atoms with van der Waals surface area (Å²) in [7, 11) is 0. The predicted octanol–water partition coefficient (Wildman–Crippen LogP) is 21.3. The van der Waals surface area contributed by atoms with Crippen LogP contribution in [-0.4, -0.2) is 33.6 Å². The normalized spacial score (nSPS) is 13.2. The molecule has 0 atom stereocenters. The lowest BCUT2D eigenvalue weighted by molar-refractivity contribution is 0.571. The molecule has 0 aliphatic heterocycles. The lowest BCUT2D eigenvalue weighted by Gasteiger charge is -2.25. The Kier molecular flexibility index (Phi) is 13.1. The molecule has 7 heteroatoms. The third kappa shape index (κ3) is 10.0. The number of aromatic nitrogens is 7. The van der Waals surface area contributed by atoms with Gasteiger partial charge in [-0.1, -0.05) is 216 Å². The first-order valence-electron chi connectivity index (χ1n) is 31.1. The number of hydrogen-bond acceptors (Lipinski definition) is 4. The average molecular weight is 1140 g/mol. The molecule has 13 rings (SSSR count). The molecule has 0 amide bonds. The van der Waals surface area contributed by atoms with Crippen LogP contribution in [-0.2, 0) is 32.5 Å². The van der Waals surface area contributed by atoms with Crippen LogP contribution in [0.15, 0.2) is 176 Å². The maximum Gasteiger partial charge on any atom is 0.164 e. The van der Waals surface area contributed by atoms with Crippen molar-refractivity contribution in [2.24, 2.45) is 0 Å². The Balaban J connectivity index is 1.30. The molecule has 0 N–H and O–H groups in total. The molecule has 8 aromatic carbocycles. The standard InChI is InChI=1S/C80H83N7/c1-75(2,3)51-29-34-61-56(43-51)57-44-52(76(4,5)6)30-35-62(57)85(61)67-41-50(74-83-72(48-25-21-19-22-26-48)82-73(84-74)49-27-23-20-24-28-49)42-68(86-63-36-31-53(77(7,8)9)45-58(63)59-46-54(78(10,11)12)32-37-64(59)86)71(67)87-65-38-33-55(79(13,14)15)47-60(65)70-66(87)39-40-69(81-70)80(16,17)18/h19-47H,1-18H3. The van der Waals surface area contributed by atoms with Gasteiger partial charge in [-0.15, -0.1) is 0 Å². The molecule has 0 saturated heterocycles. The lowest BCUT2D eigenvalue weighted by atomic mass is 9.85. The van der Waals surface area contributed by atoms with Crippen LogP contribution < -0.4 is 0 Å². The predicted molar refractivity (Wildman–Crippen MR) is 369 cm³/mol. The van der Waals surface area contributed by atoms with E-state index in [1.54, 1.807) is 0 Å². The molecule has 0 unspecified atom stereocenters. The van der Waals surface area contributed by atoms with Gasteiger partial charge in [-0.3, -0.25) is 0 Å². The third-order valence-corrected chi connectivity index (χ3v) is 18.0. The van der Waals surface area contributed by atoms with Crippen molar-refractivity contribution in [3.8, 4) is 51.2 Å². The van der Waals surface area contributed by atoms with Crippen LogP contribution in [0.5, 0.6) is 0 Å². The van der Waals surface area contributed by atoms with Gasteiger partial charge in [0.2, 0.25) is 0 Å². The molecular formula is C80H83N7. The van der Waals surface area contributed by atoms with E-state index in [2.05, 4.69) is 302 Å². The summed E-state index contributed by atoms with van der Waals surface area (Å²) in [5, 5.41) is 5.92. The monoisotopic (exact) mass is 1140 g/mol. The Labute approximate surface area is 514 Å². The molecule has 7 nitrogen and oxygen atoms in total. The van der Waals surface area contributed by atoms with Gasteiger partial charge >= 0.3 is 0 Å². The Hall–Kier alpha value is -8.68. The largest absolute Gasteiger partial charge is 0.307 e. The molecular weight excluding hydrogens is 1060 g/mol. The molecule has 0 spiro atoms. The summed E-state index contributed by atoms with van der Waals surface area (Å²) >= 11 is 0. The first-order valence-corrected chi connectivity index (χ1v) is 31.1. The Bertz CT molecular complexity index is 4450. The van der Waals surface area contributed by atoms with Crippen molar-refractivity contribution in [1.82, 2.24) is 33.6 Å². The summed E-state index contributed by atoms with van der Waals surface area (Å²) in [6, 6.07) is 65.7. The topological polar surface area (TPSA) is 66.3 Å². The van der Waals surface area contributed by atoms with Gasteiger partial charge in [0.25, 0.3) is 0 Å². The van der Waals surface area contributed by atoms with Gasteiger partial charge in [-0.2, -0.15) is 0 Å². The van der Waals surface area contributed by atoms with Crippen LogP contribution in [0.1, 0.15) is 158 Å². The molecule has 87 heavy (non-hydrogen) atoms. The van der Waals surface area contributed by atoms with Crippen molar-refractivity contribution in [3.63, 3.8) is 0 Å². The zero-order valence-corrected chi connectivity index (χ0v) is 54.4. The fraction of sp³-hybridized carbons (Fsp3) is 0.300. The van der Waals surface area contributed by atoms with Crippen molar-refractivity contribution < 1.29 is 0 Å². The third-order valence-electron chi connectivity index (χ3n) is 18.0. The van der Waals surface area contributed by atoms with Crippen LogP contribution in [0.4, 0.5) is 0 Å². The summed E-state index contributed by atoms with van der Waals surface area (Å²) in [6.45, 7) is 41.5. The van der Waals surface area contributed by atoms with E-state index < -0.39 is 0 Å². The minimum absolute atomic E-state index is 0.0991. The molecule has 0 saturated carbocycles. The van der Waals surface area contributed by atoms with Gasteiger partial charge < -0.3 is 13.7 Å². The smallest absolute Gasteiger partial charge is 0.164 e. The molecule has 5 heterocycles. The van der Waals surface area contributed by atoms with Gasteiger partial charge in [0.05, 0.1) is 55.7 Å². The van der Waals surface area contributed by atoms with Crippen LogP contribution in [0, 0.1) is 0 Å². The number of hydrogen-bond donors (Lipinski definition) is 0. The van der Waals surface area contributed by atoms with E-state index in [1.165, 1.54) is 49.4 Å². The second-order valence-corrected chi connectivity index (χ2v) is 30.6. The second-order valence-electron chi connectivity index (χ2n) is 30.6. The zero-order valence-electron chi connectivity index (χ0n) is 54.4. The summed E-state index contributed by atoms with van der Waals surface area (Å²) in [5.41, 5.74) is 19.8. The molecule has 0 aliphatic rings. The first kappa shape index (κ1) is 57.4. The van der Waals surface area contributed by atoms with Crippen LogP contribution in [0.2, 0.25) is 0 Å². The highest BCUT2D eigenvalue weighted by Crippen LogP contribution is 2.48. The number of pyridine rings is 1. The number of benzene rings is 8. The first-order chi connectivity index (χ1) is 40.9. The van der Waals surface area contributed by atoms with Gasteiger partial charge in [0.1, 0.15) is 0 Å². The maximum absolute atomic E-state index is 5.74. The summed E-state index contributed by atoms with van der Waals surface area (Å²) in [4.78, 5) is 22.1. The van der Waals surface area contributed by atoms with Gasteiger partial charge in [0, 0.05) is 54.7 Å². The molecule has 13 aromatic rings. The van der Waals surface area contributed by atoms with Gasteiger partial charge in [-0.05, 0) is 140 Å². The number of rotatable bonds is 6. The number of nitrogens with zero attached hydrogens (tertiary/aromatic N) is 7. The van der Waals surface area contributed by atoms with E-state index >= 15 is 0 Å². The minimum atomic E-state index is -0.203. The minimum Gasteiger partial charge on any atom is -0.307 e. The van der Waals surface area contributed by atoms with Crippen LogP contribution in [0.3, 0.4) is 0 Å². The summed E-state index contributed by atoms with van der Waals surface area (Å²) in [6.07, 6.45) is 0. The van der Waals surface area contributed by atoms with E-state index in [1.807, 2.05) is 12.1 Å². The number of fused-ring (bicyclic) bond motifs is 9. The van der Waals surface area contributed by atoms with Gasteiger partial charge in [0.15, 0.2) is 17.5 Å². The molecule has 0 aliphatic carbocycles. The van der Waals surface area contributed by atoms with Gasteiger partial charge in [-0.25, -0.2) is 19.9 Å². The van der Waals surface area contributed by atoms with E-state index in [0.29, 0.717) is 17.5 Å². The molecule has 0 fully saturated rings. The molecule has 0 bridgehead atoms. The van der Waals surface area contributed by atoms with Crippen molar-refractivity contribution in [2.75, 3.05) is 0 Å². The van der Waals surface area contributed by atoms with E-state index in [9.17, 15) is 0 Å². The molecule has 0 radical (unpaired) electrons. The highest BCUT2D eigenvalue weighted by Gasteiger charge is 2.31. The van der Waals surface area contributed by atoms with E-state index in [0.717, 1.165) is 83.4 Å². The van der Waals surface area contributed by atoms with Crippen LogP contribution in [0.25, 0.3) is 117 Å². The lowest BCUT2D eigenvalue weighted by Crippen LogP contribution is -2.14. The molecule has 5 aromatic heterocycles. The SMILES string of the molecule is CC(C)(C)c1ccc2c(c1)c1cc(C(C)(C)C)ccc1n2-c1cc(-c2nc(-c3ccccc3)nc(-c3ccccc3)n2)cc(-n2c3ccc(C(C)(C)C)cc3c3cc(C(C)(C)C)ccc32)c1-n1c2ccc(C(C)(C)C)cc2c2nc(C(C)(C)C)ccc21. The maximum atomic E-state index is 5.74. The highest BCUT2D eigenvalue weighted by molar-refractivity contribution is 6.14. The van der Waals surface area contributed by atoms with E-state index in [-0.39, 0.29) is 32.5 Å². The Morgan fingerprint density at radius 1 is 0.253 bits per heavy atom. The second kappa shape index (κ2) is 19.9. The average Bonchev–Trinajstić information content (AvgIpc) is 1.61. The van der Waals surface area contributed by atoms with Crippen molar-refractivity contribution in [3.05, 3.63) is 209 Å². The summed E-state index contributed by atoms with van der Waals surface area (Å²) in [5.74, 6) is 1.78. The zero-order chi connectivity index (χ0) is 61.7. The van der Waals surface area contributed by atoms with E-state index in [4.69, 9.17) is 19.9 Å². The van der Waals surface area contributed by atoms with Crippen LogP contribution >= 0.6 is 0 Å². The molecule has 438 valence electrons. The Morgan fingerprint density at radius 3 is 0.874 bits per heavy atom. The van der Waals surface area contributed by atoms with Crippen molar-refractivity contribution in [1.29, 1.82) is 0 Å². The van der Waals surface area contributed by atoms with Crippen molar-refractivity contribution in [2.45, 2.75) is 157 Å². The highest BCUT2D eigenvalue weighted by atomic mass is 15.1. The van der Waals surface area contributed by atoms with Crippen molar-refractivity contribution >= 4 is 65.5 Å². The quantitative estimate of drug-likeness (QED) is 0.166.